The third-order valence-electron chi connectivity index (χ3n) is 3.68. The van der Waals surface area contributed by atoms with Crippen LogP contribution in [0.1, 0.15) is 50.3 Å². The fourth-order valence-corrected chi connectivity index (χ4v) is 2.62. The summed E-state index contributed by atoms with van der Waals surface area (Å²) in [6.45, 7) is 4.15. The van der Waals surface area contributed by atoms with Crippen LogP contribution in [0.2, 0.25) is 0 Å². The van der Waals surface area contributed by atoms with E-state index in [4.69, 9.17) is 4.42 Å². The lowest BCUT2D eigenvalue weighted by Gasteiger charge is -2.31. The van der Waals surface area contributed by atoms with Gasteiger partial charge in [0, 0.05) is 25.4 Å². The van der Waals surface area contributed by atoms with Gasteiger partial charge in [0.25, 0.3) is 0 Å². The Morgan fingerprint density at radius 3 is 3.00 bits per heavy atom. The Balaban J connectivity index is 1.54. The molecule has 1 aliphatic carbocycles. The smallest absolute Gasteiger partial charge is 0.230 e. The Kier molecular flexibility index (Phi) is 3.50. The van der Waals surface area contributed by atoms with Crippen LogP contribution in [0.4, 0.5) is 0 Å². The molecule has 1 aliphatic heterocycles. The molecule has 1 aromatic heterocycles. The van der Waals surface area contributed by atoms with E-state index in [1.165, 1.54) is 12.8 Å². The highest BCUT2D eigenvalue weighted by molar-refractivity contribution is 5.73. The maximum absolute atomic E-state index is 11.1. The Bertz CT molecular complexity index is 455. The standard InChI is InChI=1S/C13H20N4O2/c1-9(18)14-11-3-2-6-17(7-11)8-12-15-16-13(19-12)10-4-5-10/h10-11H,2-8H2,1H3,(H,14,18). The minimum absolute atomic E-state index is 0.0423. The summed E-state index contributed by atoms with van der Waals surface area (Å²) < 4.78 is 5.68. The van der Waals surface area contributed by atoms with Crippen molar-refractivity contribution < 1.29 is 9.21 Å². The lowest BCUT2D eigenvalue weighted by atomic mass is 10.1. The van der Waals surface area contributed by atoms with Gasteiger partial charge < -0.3 is 9.73 Å². The minimum Gasteiger partial charge on any atom is -0.424 e. The van der Waals surface area contributed by atoms with Gasteiger partial charge in [-0.05, 0) is 32.2 Å². The lowest BCUT2D eigenvalue weighted by molar-refractivity contribution is -0.120. The molecule has 0 spiro atoms. The molecule has 104 valence electrons. The monoisotopic (exact) mass is 264 g/mol. The molecule has 6 heteroatoms. The van der Waals surface area contributed by atoms with E-state index in [9.17, 15) is 4.79 Å². The van der Waals surface area contributed by atoms with Crippen molar-refractivity contribution in [2.24, 2.45) is 0 Å². The summed E-state index contributed by atoms with van der Waals surface area (Å²) in [6, 6.07) is 0.247. The average molecular weight is 264 g/mol. The quantitative estimate of drug-likeness (QED) is 0.880. The van der Waals surface area contributed by atoms with Gasteiger partial charge in [-0.3, -0.25) is 9.69 Å². The zero-order chi connectivity index (χ0) is 13.2. The minimum atomic E-state index is 0.0423. The maximum atomic E-state index is 11.1. The van der Waals surface area contributed by atoms with Crippen molar-refractivity contribution in [1.82, 2.24) is 20.4 Å². The second kappa shape index (κ2) is 5.28. The van der Waals surface area contributed by atoms with Crippen LogP contribution in [0.25, 0.3) is 0 Å². The number of hydrogen-bond donors (Lipinski definition) is 1. The van der Waals surface area contributed by atoms with Crippen molar-refractivity contribution in [1.29, 1.82) is 0 Å². The Morgan fingerprint density at radius 1 is 1.42 bits per heavy atom. The lowest BCUT2D eigenvalue weighted by Crippen LogP contribution is -2.46. The van der Waals surface area contributed by atoms with E-state index in [-0.39, 0.29) is 11.9 Å². The molecule has 2 fully saturated rings. The molecule has 1 saturated heterocycles. The molecule has 1 atom stereocenters. The summed E-state index contributed by atoms with van der Waals surface area (Å²) >= 11 is 0. The van der Waals surface area contributed by atoms with Gasteiger partial charge in [-0.25, -0.2) is 0 Å². The van der Waals surface area contributed by atoms with Gasteiger partial charge in [0.2, 0.25) is 17.7 Å². The maximum Gasteiger partial charge on any atom is 0.230 e. The van der Waals surface area contributed by atoms with E-state index in [1.54, 1.807) is 6.92 Å². The molecule has 1 saturated carbocycles. The third-order valence-corrected chi connectivity index (χ3v) is 3.68. The summed E-state index contributed by atoms with van der Waals surface area (Å²) in [6.07, 6.45) is 4.49. The Labute approximate surface area is 112 Å². The normalized spacial score (nSPS) is 24.4. The second-order valence-corrected chi connectivity index (χ2v) is 5.58. The number of nitrogens with one attached hydrogen (secondary N) is 1. The number of carbonyl (C=O) groups is 1. The molecule has 0 aromatic carbocycles. The first-order valence-corrected chi connectivity index (χ1v) is 7.02. The first-order valence-electron chi connectivity index (χ1n) is 7.02. The zero-order valence-electron chi connectivity index (χ0n) is 11.3. The summed E-state index contributed by atoms with van der Waals surface area (Å²) in [7, 11) is 0. The molecule has 1 N–H and O–H groups in total. The van der Waals surface area contributed by atoms with Crippen molar-refractivity contribution in [2.75, 3.05) is 13.1 Å². The summed E-state index contributed by atoms with van der Waals surface area (Å²) in [5.74, 6) is 2.05. The molecule has 0 radical (unpaired) electrons. The highest BCUT2D eigenvalue weighted by atomic mass is 16.4. The molecule has 1 amide bonds. The molecular formula is C13H20N4O2. The number of piperidine rings is 1. The summed E-state index contributed by atoms with van der Waals surface area (Å²) in [4.78, 5) is 13.4. The molecule has 19 heavy (non-hydrogen) atoms. The topological polar surface area (TPSA) is 71.3 Å². The Morgan fingerprint density at radius 2 is 2.26 bits per heavy atom. The van der Waals surface area contributed by atoms with Crippen molar-refractivity contribution in [3.63, 3.8) is 0 Å². The van der Waals surface area contributed by atoms with Gasteiger partial charge in [-0.2, -0.15) is 0 Å². The number of hydrogen-bond acceptors (Lipinski definition) is 5. The van der Waals surface area contributed by atoms with Gasteiger partial charge in [0.15, 0.2) is 0 Å². The largest absolute Gasteiger partial charge is 0.424 e. The first kappa shape index (κ1) is 12.6. The number of aromatic nitrogens is 2. The third kappa shape index (κ3) is 3.32. The number of amides is 1. The fraction of sp³-hybridized carbons (Fsp3) is 0.769. The van der Waals surface area contributed by atoms with Crippen molar-refractivity contribution in [3.05, 3.63) is 11.8 Å². The summed E-state index contributed by atoms with van der Waals surface area (Å²) in [5.41, 5.74) is 0. The fourth-order valence-electron chi connectivity index (χ4n) is 2.62. The van der Waals surface area contributed by atoms with Gasteiger partial charge in [0.1, 0.15) is 0 Å². The van der Waals surface area contributed by atoms with Crippen LogP contribution < -0.4 is 5.32 Å². The average Bonchev–Trinajstić information content (AvgIpc) is 3.10. The van der Waals surface area contributed by atoms with E-state index in [0.717, 1.165) is 31.8 Å². The van der Waals surface area contributed by atoms with Gasteiger partial charge in [-0.15, -0.1) is 10.2 Å². The number of likely N-dealkylation sites (tertiary alicyclic amines) is 1. The molecule has 3 rings (SSSR count). The van der Waals surface area contributed by atoms with Crippen LogP contribution in [0.15, 0.2) is 4.42 Å². The number of carbonyl (C=O) groups excluding carboxylic acids is 1. The van der Waals surface area contributed by atoms with E-state index in [2.05, 4.69) is 20.4 Å². The van der Waals surface area contributed by atoms with E-state index < -0.39 is 0 Å². The Hall–Kier alpha value is -1.43. The van der Waals surface area contributed by atoms with Crippen LogP contribution in [-0.4, -0.2) is 40.1 Å². The van der Waals surface area contributed by atoms with E-state index in [0.29, 0.717) is 18.4 Å². The molecular weight excluding hydrogens is 244 g/mol. The zero-order valence-corrected chi connectivity index (χ0v) is 11.3. The predicted molar refractivity (Wildman–Crippen MR) is 68.4 cm³/mol. The van der Waals surface area contributed by atoms with Crippen molar-refractivity contribution in [2.45, 2.75) is 51.1 Å². The predicted octanol–water partition coefficient (Wildman–Crippen LogP) is 1.05. The number of nitrogens with zero attached hydrogens (tertiary/aromatic N) is 3. The molecule has 2 aliphatic rings. The molecule has 2 heterocycles. The number of rotatable bonds is 4. The van der Waals surface area contributed by atoms with Crippen LogP contribution in [0.3, 0.4) is 0 Å². The van der Waals surface area contributed by atoms with E-state index in [1.807, 2.05) is 0 Å². The highest BCUT2D eigenvalue weighted by Crippen LogP contribution is 2.39. The highest BCUT2D eigenvalue weighted by Gasteiger charge is 2.30. The van der Waals surface area contributed by atoms with Crippen LogP contribution in [0.5, 0.6) is 0 Å². The van der Waals surface area contributed by atoms with E-state index >= 15 is 0 Å². The SMILES string of the molecule is CC(=O)NC1CCCN(Cc2nnc(C3CC3)o2)C1. The van der Waals surface area contributed by atoms with Crippen LogP contribution in [-0.2, 0) is 11.3 Å². The van der Waals surface area contributed by atoms with Gasteiger partial charge in [-0.1, -0.05) is 0 Å². The summed E-state index contributed by atoms with van der Waals surface area (Å²) in [5, 5.41) is 11.2. The van der Waals surface area contributed by atoms with Crippen molar-refractivity contribution in [3.8, 4) is 0 Å². The van der Waals surface area contributed by atoms with Crippen molar-refractivity contribution >= 4 is 5.91 Å². The molecule has 6 nitrogen and oxygen atoms in total. The molecule has 1 unspecified atom stereocenters. The molecule has 0 bridgehead atoms. The van der Waals surface area contributed by atoms with Crippen LogP contribution in [0, 0.1) is 0 Å². The second-order valence-electron chi connectivity index (χ2n) is 5.58. The molecule has 1 aromatic rings. The van der Waals surface area contributed by atoms with Gasteiger partial charge >= 0.3 is 0 Å². The van der Waals surface area contributed by atoms with Crippen LogP contribution >= 0.6 is 0 Å². The van der Waals surface area contributed by atoms with Gasteiger partial charge in [0.05, 0.1) is 6.54 Å². The first-order chi connectivity index (χ1) is 9.20.